The third kappa shape index (κ3) is 8.27. The minimum atomic E-state index is -2.22. The van der Waals surface area contributed by atoms with Gasteiger partial charge in [0, 0.05) is 27.4 Å². The summed E-state index contributed by atoms with van der Waals surface area (Å²) in [6.07, 6.45) is 1.81. The molecule has 2 fully saturated rings. The van der Waals surface area contributed by atoms with Crippen LogP contribution in [0.15, 0.2) is 0 Å². The van der Waals surface area contributed by atoms with E-state index >= 15 is 0 Å². The minimum Gasteiger partial charge on any atom is -0.412 e. The third-order valence-electron chi connectivity index (χ3n) is 2.90. The molecule has 2 rings (SSSR count). The van der Waals surface area contributed by atoms with Crippen molar-refractivity contribution in [2.75, 3.05) is 47.8 Å². The van der Waals surface area contributed by atoms with Crippen LogP contribution in [0.4, 0.5) is 0 Å². The maximum absolute atomic E-state index is 5.23. The second kappa shape index (κ2) is 10.6. The molecular formula is C12H28O7Si. The van der Waals surface area contributed by atoms with Gasteiger partial charge in [0.15, 0.2) is 0 Å². The first-order valence-corrected chi connectivity index (χ1v) is 8.59. The molecule has 0 aromatic heterocycles. The first-order chi connectivity index (χ1) is 9.19. The van der Waals surface area contributed by atoms with Crippen LogP contribution in [0.1, 0.15) is 13.3 Å². The summed E-state index contributed by atoms with van der Waals surface area (Å²) in [6.45, 7) is 5.34. The van der Waals surface area contributed by atoms with Crippen molar-refractivity contribution in [3.8, 4) is 0 Å². The summed E-state index contributed by atoms with van der Waals surface area (Å²) in [7, 11) is 2.68. The minimum absolute atomic E-state index is 0. The van der Waals surface area contributed by atoms with Crippen LogP contribution in [-0.2, 0) is 27.5 Å². The molecule has 20 heavy (non-hydrogen) atoms. The molecule has 0 aromatic rings. The molecule has 2 aliphatic rings. The highest BCUT2D eigenvalue weighted by Gasteiger charge is 2.36. The lowest BCUT2D eigenvalue weighted by Crippen LogP contribution is -2.42. The van der Waals surface area contributed by atoms with Crippen molar-refractivity contribution >= 4 is 8.80 Å². The molecule has 0 saturated carbocycles. The Bertz CT molecular complexity index is 210. The van der Waals surface area contributed by atoms with Gasteiger partial charge in [0.2, 0.25) is 0 Å². The van der Waals surface area contributed by atoms with E-state index in [4.69, 9.17) is 27.5 Å². The van der Waals surface area contributed by atoms with E-state index in [0.717, 1.165) is 38.9 Å². The van der Waals surface area contributed by atoms with E-state index in [1.54, 1.807) is 21.3 Å². The fourth-order valence-electron chi connectivity index (χ4n) is 1.52. The number of ether oxygens (including phenoxy) is 3. The summed E-state index contributed by atoms with van der Waals surface area (Å²) in [5.41, 5.74) is 0. The molecule has 2 unspecified atom stereocenters. The van der Waals surface area contributed by atoms with E-state index in [2.05, 4.69) is 6.92 Å². The van der Waals surface area contributed by atoms with Crippen molar-refractivity contribution in [1.82, 2.24) is 0 Å². The zero-order chi connectivity index (χ0) is 14.1. The first-order valence-electron chi connectivity index (χ1n) is 6.66. The Hall–Kier alpha value is -0.0631. The maximum Gasteiger partial charge on any atom is 0.500 e. The summed E-state index contributed by atoms with van der Waals surface area (Å²) in [6, 6.07) is 0.885. The molecule has 2 N–H and O–H groups in total. The highest BCUT2D eigenvalue weighted by Crippen LogP contribution is 2.14. The van der Waals surface area contributed by atoms with Gasteiger partial charge in [0.05, 0.1) is 26.4 Å². The van der Waals surface area contributed by atoms with E-state index in [-0.39, 0.29) is 5.48 Å². The molecule has 0 spiro atoms. The van der Waals surface area contributed by atoms with E-state index < -0.39 is 8.80 Å². The Morgan fingerprint density at radius 3 is 1.55 bits per heavy atom. The number of hydrogen-bond donors (Lipinski definition) is 0. The molecule has 7 nitrogen and oxygen atoms in total. The van der Waals surface area contributed by atoms with E-state index in [9.17, 15) is 0 Å². The number of hydrogen-bond acceptors (Lipinski definition) is 6. The summed E-state index contributed by atoms with van der Waals surface area (Å²) in [5.74, 6) is 0. The second-order valence-corrected chi connectivity index (χ2v) is 7.58. The molecule has 122 valence electrons. The van der Waals surface area contributed by atoms with Crippen LogP contribution in [0.5, 0.6) is 0 Å². The molecule has 2 aliphatic heterocycles. The highest BCUT2D eigenvalue weighted by molar-refractivity contribution is 6.60. The van der Waals surface area contributed by atoms with Crippen molar-refractivity contribution < 1.29 is 33.0 Å². The molecule has 0 aliphatic carbocycles. The topological polar surface area (TPSA) is 93.5 Å². The van der Waals surface area contributed by atoms with Gasteiger partial charge in [-0.25, -0.2) is 0 Å². The predicted molar refractivity (Wildman–Crippen MR) is 75.8 cm³/mol. The highest BCUT2D eigenvalue weighted by atomic mass is 28.4. The SMILES string of the molecule is C(OCC1CO1)C1CO1.CCC[Si](OC)(OC)OC.O. The van der Waals surface area contributed by atoms with E-state index in [0.29, 0.717) is 12.2 Å². The van der Waals surface area contributed by atoms with Gasteiger partial charge in [-0.15, -0.1) is 0 Å². The smallest absolute Gasteiger partial charge is 0.412 e. The molecule has 0 bridgehead atoms. The number of rotatable bonds is 9. The standard InChI is InChI=1S/C6H16O3Si.C6H10O3.H2O/c1-5-6-10(7-2,8-3)9-4;1(5-3-8-5)7-2-6-4-9-6;/h5-6H2,1-4H3;5-6H,1-4H2;1H2. The van der Waals surface area contributed by atoms with Crippen LogP contribution in [0.2, 0.25) is 6.04 Å². The average molecular weight is 312 g/mol. The maximum atomic E-state index is 5.23. The van der Waals surface area contributed by atoms with Crippen LogP contribution in [0.25, 0.3) is 0 Å². The van der Waals surface area contributed by atoms with Gasteiger partial charge < -0.3 is 33.0 Å². The Kier molecular flexibility index (Phi) is 10.6. The Balaban J connectivity index is 0.000000344. The average Bonchev–Trinajstić information content (AvgIpc) is 3.31. The lowest BCUT2D eigenvalue weighted by molar-refractivity contribution is 0.102. The van der Waals surface area contributed by atoms with Crippen LogP contribution in [0.3, 0.4) is 0 Å². The molecule has 0 aromatic carbocycles. The van der Waals surface area contributed by atoms with Gasteiger partial charge in [-0.3, -0.25) is 0 Å². The van der Waals surface area contributed by atoms with E-state index in [1.807, 2.05) is 0 Å². The van der Waals surface area contributed by atoms with Gasteiger partial charge in [-0.1, -0.05) is 13.3 Å². The van der Waals surface area contributed by atoms with Crippen molar-refractivity contribution in [3.05, 3.63) is 0 Å². The lowest BCUT2D eigenvalue weighted by atomic mass is 10.5. The van der Waals surface area contributed by atoms with Crippen LogP contribution >= 0.6 is 0 Å². The number of epoxide rings is 2. The van der Waals surface area contributed by atoms with Crippen LogP contribution in [0, 0.1) is 0 Å². The monoisotopic (exact) mass is 312 g/mol. The van der Waals surface area contributed by atoms with Crippen LogP contribution < -0.4 is 0 Å². The second-order valence-electron chi connectivity index (χ2n) is 4.49. The van der Waals surface area contributed by atoms with E-state index in [1.165, 1.54) is 0 Å². The summed E-state index contributed by atoms with van der Waals surface area (Å²) in [5, 5.41) is 0. The van der Waals surface area contributed by atoms with Crippen molar-refractivity contribution in [1.29, 1.82) is 0 Å². The van der Waals surface area contributed by atoms with Gasteiger partial charge in [-0.05, 0) is 0 Å². The van der Waals surface area contributed by atoms with Crippen molar-refractivity contribution in [2.24, 2.45) is 0 Å². The summed E-state index contributed by atoms with van der Waals surface area (Å²) < 4.78 is 30.6. The fourth-order valence-corrected chi connectivity index (χ4v) is 3.25. The molecule has 2 atom stereocenters. The largest absolute Gasteiger partial charge is 0.500 e. The Labute approximate surface area is 122 Å². The lowest BCUT2D eigenvalue weighted by Gasteiger charge is -2.23. The molecule has 2 heterocycles. The molecule has 8 heteroatoms. The Morgan fingerprint density at radius 1 is 0.950 bits per heavy atom. The molecular weight excluding hydrogens is 284 g/mol. The zero-order valence-corrected chi connectivity index (χ0v) is 13.8. The third-order valence-corrected chi connectivity index (χ3v) is 5.88. The molecule has 2 saturated heterocycles. The molecule has 0 amide bonds. The van der Waals surface area contributed by atoms with Gasteiger partial charge in [0.25, 0.3) is 0 Å². The van der Waals surface area contributed by atoms with Gasteiger partial charge in [-0.2, -0.15) is 0 Å². The van der Waals surface area contributed by atoms with Gasteiger partial charge in [0.1, 0.15) is 12.2 Å². The predicted octanol–water partition coefficient (Wildman–Crippen LogP) is 0.250. The summed E-state index contributed by atoms with van der Waals surface area (Å²) >= 11 is 0. The van der Waals surface area contributed by atoms with Crippen molar-refractivity contribution in [3.63, 3.8) is 0 Å². The van der Waals surface area contributed by atoms with Gasteiger partial charge >= 0.3 is 8.80 Å². The van der Waals surface area contributed by atoms with Crippen molar-refractivity contribution in [2.45, 2.75) is 31.6 Å². The fraction of sp³-hybridized carbons (Fsp3) is 1.00. The summed E-state index contributed by atoms with van der Waals surface area (Å²) in [4.78, 5) is 0. The van der Waals surface area contributed by atoms with Crippen LogP contribution in [-0.4, -0.2) is 74.2 Å². The zero-order valence-electron chi connectivity index (χ0n) is 12.8. The molecule has 0 radical (unpaired) electrons. The quantitative estimate of drug-likeness (QED) is 0.447. The first kappa shape index (κ1) is 19.9. The Morgan fingerprint density at radius 2 is 1.35 bits per heavy atom. The normalized spacial score (nSPS) is 23.4.